The molecule has 0 aliphatic heterocycles. The molecule has 0 N–H and O–H groups in total. The van der Waals surface area contributed by atoms with E-state index < -0.39 is 0 Å². The first-order chi connectivity index (χ1) is 0. The minimum absolute atomic E-state index is 0. The molecule has 0 saturated carbocycles. The van der Waals surface area contributed by atoms with Gasteiger partial charge < -0.3 is 0 Å². The van der Waals surface area contributed by atoms with Crippen molar-refractivity contribution in [2.24, 2.45) is 0 Å². The van der Waals surface area contributed by atoms with Gasteiger partial charge in [0.1, 0.15) is 0 Å². The molecule has 4 heteroatoms. The first-order valence-corrected chi connectivity index (χ1v) is 0. The first kappa shape index (κ1) is 24.6. The van der Waals surface area contributed by atoms with E-state index in [1.807, 2.05) is 0 Å². The fourth-order valence-corrected chi connectivity index (χ4v) is 0. The summed E-state index contributed by atoms with van der Waals surface area (Å²) in [6, 6.07) is 0. The maximum atomic E-state index is 0. The Morgan fingerprint density at radius 3 is 1.00 bits per heavy atom. The fraction of sp³-hybridized carbons (Fsp3) is 0. The molecule has 0 spiro atoms. The van der Waals surface area contributed by atoms with E-state index in [4.69, 9.17) is 0 Å². The average molecular weight is 417 g/mol. The van der Waals surface area contributed by atoms with Crippen LogP contribution in [0.4, 0.5) is 0 Å². The van der Waals surface area contributed by atoms with Gasteiger partial charge in [0.2, 0.25) is 0 Å². The van der Waals surface area contributed by atoms with Crippen LogP contribution in [0.25, 0.3) is 0 Å². The molecule has 4 heavy (non-hydrogen) atoms. The molecule has 0 atom stereocenters. The Morgan fingerprint density at radius 2 is 1.00 bits per heavy atom. The van der Waals surface area contributed by atoms with E-state index in [2.05, 4.69) is 0 Å². The second kappa shape index (κ2) is 15.8. The molecule has 0 amide bonds. The number of rotatable bonds is 0. The van der Waals surface area contributed by atoms with Crippen molar-refractivity contribution in [1.29, 1.82) is 0 Å². The standard InChI is InChI=1S/ClH.Gd.K.W/h1H;;;. The van der Waals surface area contributed by atoms with E-state index in [1.165, 1.54) is 0 Å². The fourth-order valence-electron chi connectivity index (χ4n) is 0. The Balaban J connectivity index is 0. The van der Waals surface area contributed by atoms with Gasteiger partial charge in [-0.2, -0.15) is 0 Å². The van der Waals surface area contributed by atoms with E-state index >= 15 is 0 Å². The van der Waals surface area contributed by atoms with E-state index in [0.29, 0.717) is 0 Å². The maximum absolute atomic E-state index is 0. The summed E-state index contributed by atoms with van der Waals surface area (Å²) in [5.41, 5.74) is 0. The molecule has 0 aromatic heterocycles. The minimum Gasteiger partial charge on any atom is -0.147 e. The molecule has 0 aliphatic carbocycles. The van der Waals surface area contributed by atoms with E-state index in [-0.39, 0.29) is 125 Å². The van der Waals surface area contributed by atoms with E-state index in [0.717, 1.165) is 0 Å². The zero-order chi connectivity index (χ0) is 0. The Kier molecular flexibility index (Phi) is 97.2. The van der Waals surface area contributed by atoms with Crippen LogP contribution in [0, 0.1) is 39.9 Å². The molecule has 1 radical (unpaired) electrons. The summed E-state index contributed by atoms with van der Waals surface area (Å²) in [4.78, 5) is 0. The molecule has 0 nitrogen and oxygen atoms in total. The van der Waals surface area contributed by atoms with Gasteiger partial charge in [0, 0.05) is 112 Å². The van der Waals surface area contributed by atoms with Crippen LogP contribution < -0.4 is 0 Å². The minimum atomic E-state index is 0. The smallest absolute Gasteiger partial charge is 0 e. The predicted octanol–water partition coefficient (Wildman–Crippen LogP) is 0.0385. The van der Waals surface area contributed by atoms with Gasteiger partial charge >= 0.3 is 0 Å². The quantitative estimate of drug-likeness (QED) is 0.489. The van der Waals surface area contributed by atoms with Gasteiger partial charge in [-0.3, -0.25) is 0 Å². The summed E-state index contributed by atoms with van der Waals surface area (Å²) in [6.07, 6.45) is 0. The first-order valence-electron chi connectivity index (χ1n) is 0. The van der Waals surface area contributed by atoms with Crippen molar-refractivity contribution in [1.82, 2.24) is 0 Å². The average Bonchev–Trinajstić information content (AvgIpc) is 0. The molecule has 0 heterocycles. The van der Waals surface area contributed by atoms with Crippen molar-refractivity contribution in [2.45, 2.75) is 0 Å². The molecule has 0 fully saturated rings. The van der Waals surface area contributed by atoms with Crippen molar-refractivity contribution < 1.29 is 61.0 Å². The molecule has 0 aliphatic rings. The monoisotopic (exact) mass is 417 g/mol. The maximum Gasteiger partial charge on any atom is 0 e. The summed E-state index contributed by atoms with van der Waals surface area (Å²) in [6.45, 7) is 0. The van der Waals surface area contributed by atoms with Gasteiger partial charge in [0.25, 0.3) is 0 Å². The summed E-state index contributed by atoms with van der Waals surface area (Å²) in [7, 11) is 0. The Morgan fingerprint density at radius 1 is 1.00 bits per heavy atom. The molecular formula is HClGdKW. The molecule has 0 rings (SSSR count). The van der Waals surface area contributed by atoms with E-state index in [9.17, 15) is 0 Å². The van der Waals surface area contributed by atoms with Crippen molar-refractivity contribution >= 4 is 63.8 Å². The summed E-state index contributed by atoms with van der Waals surface area (Å²) < 4.78 is 0. The van der Waals surface area contributed by atoms with Crippen LogP contribution in [0.3, 0.4) is 0 Å². The van der Waals surface area contributed by atoms with Gasteiger partial charge in [-0.05, 0) is 0 Å². The van der Waals surface area contributed by atoms with Crippen LogP contribution in [0.5, 0.6) is 0 Å². The zero-order valence-electron chi connectivity index (χ0n) is 2.17. The second-order valence-corrected chi connectivity index (χ2v) is 0. The summed E-state index contributed by atoms with van der Waals surface area (Å²) >= 11 is 0. The second-order valence-electron chi connectivity index (χ2n) is 0. The molecule has 0 unspecified atom stereocenters. The molecule has 0 aromatic carbocycles. The predicted molar refractivity (Wildman–Crippen MR) is 13.0 cm³/mol. The van der Waals surface area contributed by atoms with Crippen LogP contribution >= 0.6 is 12.4 Å². The van der Waals surface area contributed by atoms with Crippen molar-refractivity contribution in [3.05, 3.63) is 0 Å². The van der Waals surface area contributed by atoms with Crippen LogP contribution in [0.2, 0.25) is 0 Å². The molecule has 0 bridgehead atoms. The molecular weight excluding hydrogens is 416 g/mol. The van der Waals surface area contributed by atoms with Crippen molar-refractivity contribution in [3.8, 4) is 0 Å². The normalized spacial score (nSPS) is 0. The molecule has 23 valence electrons. The molecule has 0 aromatic rings. The zero-order valence-corrected chi connectivity index (χ0v) is 11.3. The third-order valence-electron chi connectivity index (χ3n) is 0. The SMILES string of the molecule is Cl.[Gd].[K].[W]. The van der Waals surface area contributed by atoms with Gasteiger partial charge in [-0.15, -0.1) is 12.4 Å². The van der Waals surface area contributed by atoms with Crippen LogP contribution in [-0.4, -0.2) is 51.4 Å². The number of halogens is 1. The number of hydrogen-bond donors (Lipinski definition) is 0. The number of hydrogen-bond acceptors (Lipinski definition) is 0. The van der Waals surface area contributed by atoms with Crippen LogP contribution in [0.15, 0.2) is 0 Å². The van der Waals surface area contributed by atoms with Crippen molar-refractivity contribution in [3.63, 3.8) is 0 Å². The van der Waals surface area contributed by atoms with Crippen LogP contribution in [-0.2, 0) is 21.1 Å². The van der Waals surface area contributed by atoms with Gasteiger partial charge in [-0.25, -0.2) is 0 Å². The Labute approximate surface area is 121 Å². The third kappa shape index (κ3) is 9.34. The van der Waals surface area contributed by atoms with E-state index in [1.54, 1.807) is 0 Å². The van der Waals surface area contributed by atoms with Gasteiger partial charge in [0.15, 0.2) is 0 Å². The van der Waals surface area contributed by atoms with Gasteiger partial charge in [-0.1, -0.05) is 0 Å². The third-order valence-corrected chi connectivity index (χ3v) is 0. The molecule has 0 saturated heterocycles. The summed E-state index contributed by atoms with van der Waals surface area (Å²) in [5, 5.41) is 0. The largest absolute Gasteiger partial charge is 0.147 e. The Hall–Kier alpha value is 3.94. The summed E-state index contributed by atoms with van der Waals surface area (Å²) in [5.74, 6) is 0. The van der Waals surface area contributed by atoms with Gasteiger partial charge in [0.05, 0.1) is 0 Å². The Bertz CT molecular complexity index is 8.00. The topological polar surface area (TPSA) is 0 Å². The van der Waals surface area contributed by atoms with Crippen LogP contribution in [0.1, 0.15) is 0 Å². The van der Waals surface area contributed by atoms with Crippen molar-refractivity contribution in [2.75, 3.05) is 0 Å².